The van der Waals surface area contributed by atoms with Crippen LogP contribution in [-0.4, -0.2) is 30.7 Å². The molecule has 0 bridgehead atoms. The van der Waals surface area contributed by atoms with Crippen LogP contribution in [0.25, 0.3) is 38.9 Å². The van der Waals surface area contributed by atoms with Crippen LogP contribution >= 0.6 is 0 Å². The van der Waals surface area contributed by atoms with E-state index in [4.69, 9.17) is 9.97 Å². The lowest BCUT2D eigenvalue weighted by molar-refractivity contribution is 1.14. The van der Waals surface area contributed by atoms with E-state index in [9.17, 15) is 0 Å². The van der Waals surface area contributed by atoms with E-state index in [1.54, 1.807) is 0 Å². The van der Waals surface area contributed by atoms with Gasteiger partial charge in [-0.2, -0.15) is 0 Å². The molecule has 0 unspecified atom stereocenters. The molecule has 1 aliphatic heterocycles. The average molecular weight is 927 g/mol. The van der Waals surface area contributed by atoms with Gasteiger partial charge in [0.25, 0.3) is 0 Å². The van der Waals surface area contributed by atoms with Crippen LogP contribution in [-0.2, 0) is 0 Å². The van der Waals surface area contributed by atoms with E-state index >= 15 is 0 Å². The maximum absolute atomic E-state index is 5.74. The number of pyridine rings is 2. The van der Waals surface area contributed by atoms with Gasteiger partial charge in [0.15, 0.2) is 16.1 Å². The number of para-hydroxylation sites is 3. The van der Waals surface area contributed by atoms with Crippen LogP contribution < -0.4 is 46.4 Å². The van der Waals surface area contributed by atoms with Crippen molar-refractivity contribution in [3.8, 4) is 16.9 Å². The van der Waals surface area contributed by atoms with Crippen LogP contribution in [0.15, 0.2) is 279 Å². The van der Waals surface area contributed by atoms with Crippen molar-refractivity contribution in [2.24, 2.45) is 0 Å². The molecule has 13 rings (SSSR count). The van der Waals surface area contributed by atoms with Gasteiger partial charge < -0.3 is 4.90 Å². The van der Waals surface area contributed by atoms with Crippen molar-refractivity contribution in [2.45, 2.75) is 0 Å². The van der Waals surface area contributed by atoms with Crippen molar-refractivity contribution in [2.75, 3.05) is 4.90 Å². The summed E-state index contributed by atoms with van der Waals surface area (Å²) in [4.78, 5) is 13.1. The number of rotatable bonds is 9. The van der Waals surface area contributed by atoms with Gasteiger partial charge in [-0.05, 0) is 90.0 Å². The van der Waals surface area contributed by atoms with Gasteiger partial charge in [0, 0.05) is 40.4 Å². The molecule has 1 aliphatic rings. The quantitative estimate of drug-likeness (QED) is 0.107. The van der Waals surface area contributed by atoms with Gasteiger partial charge in [0.05, 0.1) is 22.3 Å². The normalized spacial score (nSPS) is 12.9. The minimum atomic E-state index is -3.02. The summed E-state index contributed by atoms with van der Waals surface area (Å²) in [5.74, 6) is 0. The third kappa shape index (κ3) is 6.34. The van der Waals surface area contributed by atoms with Gasteiger partial charge in [-0.25, -0.2) is 4.98 Å². The molecule has 12 aromatic rings. The maximum Gasteiger partial charge on any atom is 0.186 e. The Hall–Kier alpha value is -8.69. The summed E-state index contributed by atoms with van der Waals surface area (Å²) in [5, 5.41) is 12.8. The second-order valence-corrected chi connectivity index (χ2v) is 25.6. The third-order valence-electron chi connectivity index (χ3n) is 14.5. The molecular weight excluding hydrogens is 881 g/mol. The number of fused-ring (bicyclic) bond motifs is 6. The van der Waals surface area contributed by atoms with E-state index in [1.165, 1.54) is 52.9 Å². The highest BCUT2D eigenvalue weighted by atomic mass is 28.3. The van der Waals surface area contributed by atoms with Crippen LogP contribution in [0.4, 0.5) is 17.1 Å². The van der Waals surface area contributed by atoms with Crippen molar-refractivity contribution >= 4 is 96.6 Å². The van der Waals surface area contributed by atoms with E-state index in [2.05, 4.69) is 277 Å². The molecule has 0 saturated heterocycles. The second kappa shape index (κ2) is 17.1. The zero-order valence-corrected chi connectivity index (χ0v) is 40.3. The van der Waals surface area contributed by atoms with Crippen molar-refractivity contribution < 1.29 is 0 Å². The summed E-state index contributed by atoms with van der Waals surface area (Å²) < 4.78 is 2.42. The molecule has 0 radical (unpaired) electrons. The Morgan fingerprint density at radius 3 is 1.61 bits per heavy atom. The number of benzene rings is 9. The Balaban J connectivity index is 1.13. The zero-order chi connectivity index (χ0) is 46.5. The third-order valence-corrected chi connectivity index (χ3v) is 24.0. The van der Waals surface area contributed by atoms with E-state index in [0.29, 0.717) is 0 Å². The predicted molar refractivity (Wildman–Crippen MR) is 297 cm³/mol. The zero-order valence-electron chi connectivity index (χ0n) is 38.3. The lowest BCUT2D eigenvalue weighted by Crippen LogP contribution is -2.77. The van der Waals surface area contributed by atoms with Crippen LogP contribution in [0.2, 0.25) is 0 Å². The predicted octanol–water partition coefficient (Wildman–Crippen LogP) is 9.78. The molecule has 330 valence electrons. The van der Waals surface area contributed by atoms with Gasteiger partial charge in [-0.3, -0.25) is 9.55 Å². The Morgan fingerprint density at radius 1 is 0.400 bits per heavy atom. The van der Waals surface area contributed by atoms with Crippen molar-refractivity contribution in [3.63, 3.8) is 0 Å². The highest BCUT2D eigenvalue weighted by Gasteiger charge is 2.50. The Morgan fingerprint density at radius 2 is 0.943 bits per heavy atom. The number of nitrogens with zero attached hydrogens (tertiary/aromatic N) is 4. The summed E-state index contributed by atoms with van der Waals surface area (Å²) >= 11 is 0. The first kappa shape index (κ1) is 41.5. The standard InChI is InChI=1S/C64H46N4Si2/c1-6-25-48(26-7-1)67-59-41-18-19-42-60(59)70(52-32-12-4-13-33-52,53-34-14-5-15-35-53)61-46-66-64-62(63(61)67)56-38-16-17-40-58(56)68(64)49-27-23-37-55(45-49)69(50-28-8-2-9-29-50,51-30-10-3-11-31-51)54-36-22-24-47(44-54)57-39-20-21-43-65-57/h1-46H. The molecule has 0 atom stereocenters. The van der Waals surface area contributed by atoms with Crippen LogP contribution in [0.5, 0.6) is 0 Å². The molecule has 9 aromatic carbocycles. The summed E-state index contributed by atoms with van der Waals surface area (Å²) in [7, 11) is -6.03. The lowest BCUT2D eigenvalue weighted by atomic mass is 10.1. The largest absolute Gasteiger partial charge is 0.310 e. The molecule has 0 aliphatic carbocycles. The first-order chi connectivity index (χ1) is 34.8. The summed E-state index contributed by atoms with van der Waals surface area (Å²) in [6, 6.07) is 98.4. The average Bonchev–Trinajstić information content (AvgIpc) is 3.79. The highest BCUT2D eigenvalue weighted by Crippen LogP contribution is 2.45. The fourth-order valence-electron chi connectivity index (χ4n) is 11.6. The molecule has 0 amide bonds. The fourth-order valence-corrected chi connectivity index (χ4v) is 21.5. The van der Waals surface area contributed by atoms with Crippen molar-refractivity contribution in [1.82, 2.24) is 14.5 Å². The molecular formula is C64H46N4Si2. The molecule has 70 heavy (non-hydrogen) atoms. The van der Waals surface area contributed by atoms with Crippen LogP contribution in [0.3, 0.4) is 0 Å². The minimum absolute atomic E-state index is 0.922. The van der Waals surface area contributed by atoms with Crippen LogP contribution in [0, 0.1) is 0 Å². The van der Waals surface area contributed by atoms with Crippen molar-refractivity contribution in [1.29, 1.82) is 0 Å². The van der Waals surface area contributed by atoms with Crippen LogP contribution in [0.1, 0.15) is 0 Å². The van der Waals surface area contributed by atoms with Crippen molar-refractivity contribution in [3.05, 3.63) is 279 Å². The molecule has 3 aromatic heterocycles. The first-order valence-electron chi connectivity index (χ1n) is 24.0. The Labute approximate surface area is 410 Å². The first-order valence-corrected chi connectivity index (χ1v) is 28.0. The van der Waals surface area contributed by atoms with Gasteiger partial charge in [0.1, 0.15) is 5.65 Å². The molecule has 0 N–H and O–H groups in total. The summed E-state index contributed by atoms with van der Waals surface area (Å²) in [6.07, 6.45) is 4.12. The van der Waals surface area contributed by atoms with Gasteiger partial charge >= 0.3 is 0 Å². The van der Waals surface area contributed by atoms with E-state index in [-0.39, 0.29) is 0 Å². The van der Waals surface area contributed by atoms with E-state index < -0.39 is 16.1 Å². The second-order valence-electron chi connectivity index (χ2n) is 18.1. The van der Waals surface area contributed by atoms with Gasteiger partial charge in [-0.15, -0.1) is 0 Å². The topological polar surface area (TPSA) is 34.0 Å². The summed E-state index contributed by atoms with van der Waals surface area (Å²) in [5.41, 5.74) is 8.65. The molecule has 6 heteroatoms. The van der Waals surface area contributed by atoms with E-state index in [1.807, 2.05) is 12.3 Å². The number of aromatic nitrogens is 3. The fraction of sp³-hybridized carbons (Fsp3) is 0. The minimum Gasteiger partial charge on any atom is -0.310 e. The molecule has 4 nitrogen and oxygen atoms in total. The summed E-state index contributed by atoms with van der Waals surface area (Å²) in [6.45, 7) is 0. The number of hydrogen-bond donors (Lipinski definition) is 0. The number of hydrogen-bond acceptors (Lipinski definition) is 3. The lowest BCUT2D eigenvalue weighted by Gasteiger charge is -2.45. The highest BCUT2D eigenvalue weighted by molar-refractivity contribution is 7.21. The number of anilines is 3. The Bertz CT molecular complexity index is 3750. The molecule has 0 saturated carbocycles. The molecule has 0 spiro atoms. The SMILES string of the molecule is c1ccc(N2c3ccccc3[Si](c3ccccc3)(c3ccccc3)c3cnc4c(c32)c2ccccc2n4-c2cccc([Si](c3ccccc3)(c3ccccc3)c3cccc(-c4ccccn4)c3)c2)cc1. The van der Waals surface area contributed by atoms with Gasteiger partial charge in [0.2, 0.25) is 0 Å². The Kier molecular flexibility index (Phi) is 10.2. The molecule has 4 heterocycles. The monoisotopic (exact) mass is 926 g/mol. The van der Waals surface area contributed by atoms with E-state index in [0.717, 1.165) is 44.6 Å². The van der Waals surface area contributed by atoms with Gasteiger partial charge in [-0.1, -0.05) is 218 Å². The maximum atomic E-state index is 5.74. The molecule has 0 fully saturated rings. The smallest absolute Gasteiger partial charge is 0.186 e.